The number of benzene rings is 1. The monoisotopic (exact) mass is 353 g/mol. The van der Waals surface area contributed by atoms with Crippen LogP contribution in [-0.4, -0.2) is 23.1 Å². The summed E-state index contributed by atoms with van der Waals surface area (Å²) in [6.45, 7) is 2.27. The molecule has 0 bridgehead atoms. The second-order valence-electron chi connectivity index (χ2n) is 4.81. The molecule has 18 heavy (non-hydrogen) atoms. The van der Waals surface area contributed by atoms with Crippen LogP contribution in [0.25, 0.3) is 11.3 Å². The fourth-order valence-corrected chi connectivity index (χ4v) is 2.76. The van der Waals surface area contributed by atoms with Crippen molar-refractivity contribution in [3.05, 3.63) is 39.9 Å². The third-order valence-electron chi connectivity index (χ3n) is 3.43. The van der Waals surface area contributed by atoms with E-state index in [1.54, 1.807) is 0 Å². The zero-order chi connectivity index (χ0) is 12.4. The molecule has 1 aromatic carbocycles. The van der Waals surface area contributed by atoms with Gasteiger partial charge < -0.3 is 10.3 Å². The van der Waals surface area contributed by atoms with Crippen molar-refractivity contribution in [1.82, 2.24) is 15.3 Å². The molecule has 1 aliphatic rings. The van der Waals surface area contributed by atoms with Gasteiger partial charge in [-0.25, -0.2) is 4.98 Å². The minimum absolute atomic E-state index is 0.737. The first kappa shape index (κ1) is 12.2. The fraction of sp³-hybridized carbons (Fsp3) is 0.357. The number of aromatic amines is 1. The number of nitrogens with zero attached hydrogens (tertiary/aromatic N) is 1. The molecule has 0 radical (unpaired) electrons. The average Bonchev–Trinajstić information content (AvgIpc) is 3.02. The maximum atomic E-state index is 4.49. The van der Waals surface area contributed by atoms with E-state index in [0.29, 0.717) is 0 Å². The molecule has 1 atom stereocenters. The van der Waals surface area contributed by atoms with Gasteiger partial charge in [0, 0.05) is 9.99 Å². The number of hydrogen-bond donors (Lipinski definition) is 2. The zero-order valence-corrected chi connectivity index (χ0v) is 12.3. The van der Waals surface area contributed by atoms with Crippen LogP contribution in [-0.2, 0) is 6.42 Å². The Bertz CT molecular complexity index is 512. The van der Waals surface area contributed by atoms with Gasteiger partial charge in [-0.1, -0.05) is 12.1 Å². The highest BCUT2D eigenvalue weighted by Crippen LogP contribution is 2.20. The molecule has 1 aromatic heterocycles. The lowest BCUT2D eigenvalue weighted by Gasteiger charge is -2.04. The summed E-state index contributed by atoms with van der Waals surface area (Å²) in [6.07, 6.45) is 4.26. The Balaban J connectivity index is 1.74. The van der Waals surface area contributed by atoms with Crippen molar-refractivity contribution in [2.24, 2.45) is 5.92 Å². The molecule has 0 amide bonds. The fourth-order valence-electron chi connectivity index (χ4n) is 2.40. The Morgan fingerprint density at radius 3 is 2.83 bits per heavy atom. The van der Waals surface area contributed by atoms with Gasteiger partial charge in [0.05, 0.1) is 11.9 Å². The van der Waals surface area contributed by atoms with Crippen LogP contribution in [0.5, 0.6) is 0 Å². The molecule has 1 saturated heterocycles. The maximum Gasteiger partial charge on any atom is 0.106 e. The van der Waals surface area contributed by atoms with Crippen LogP contribution in [0.15, 0.2) is 30.5 Å². The van der Waals surface area contributed by atoms with Crippen molar-refractivity contribution in [1.29, 1.82) is 0 Å². The van der Waals surface area contributed by atoms with Crippen molar-refractivity contribution in [3.8, 4) is 11.3 Å². The lowest BCUT2D eigenvalue weighted by atomic mass is 10.1. The molecule has 0 saturated carbocycles. The van der Waals surface area contributed by atoms with Crippen LogP contribution in [0, 0.1) is 9.49 Å². The molecule has 2 aromatic rings. The van der Waals surface area contributed by atoms with Gasteiger partial charge in [-0.3, -0.25) is 0 Å². The lowest BCUT2D eigenvalue weighted by molar-refractivity contribution is 0.565. The number of halogens is 1. The van der Waals surface area contributed by atoms with Crippen molar-refractivity contribution in [3.63, 3.8) is 0 Å². The summed E-state index contributed by atoms with van der Waals surface area (Å²) in [5.41, 5.74) is 2.33. The largest absolute Gasteiger partial charge is 0.342 e. The first-order valence-corrected chi connectivity index (χ1v) is 7.39. The molecule has 4 heteroatoms. The molecule has 3 nitrogen and oxygen atoms in total. The first-order valence-electron chi connectivity index (χ1n) is 6.32. The molecule has 2 heterocycles. The van der Waals surface area contributed by atoms with E-state index in [2.05, 4.69) is 62.1 Å². The molecular formula is C14H16IN3. The Morgan fingerprint density at radius 2 is 2.11 bits per heavy atom. The second kappa shape index (κ2) is 5.40. The highest BCUT2D eigenvalue weighted by molar-refractivity contribution is 14.1. The Labute approximate surface area is 121 Å². The van der Waals surface area contributed by atoms with Crippen molar-refractivity contribution in [2.45, 2.75) is 12.8 Å². The van der Waals surface area contributed by atoms with Crippen LogP contribution < -0.4 is 5.32 Å². The number of imidazole rings is 1. The van der Waals surface area contributed by atoms with Gasteiger partial charge in [0.1, 0.15) is 5.82 Å². The van der Waals surface area contributed by atoms with E-state index < -0.39 is 0 Å². The molecule has 1 unspecified atom stereocenters. The average molecular weight is 353 g/mol. The summed E-state index contributed by atoms with van der Waals surface area (Å²) < 4.78 is 1.26. The second-order valence-corrected chi connectivity index (χ2v) is 6.06. The van der Waals surface area contributed by atoms with Crippen molar-refractivity contribution in [2.75, 3.05) is 13.1 Å². The summed E-state index contributed by atoms with van der Waals surface area (Å²) in [5, 5.41) is 3.39. The number of H-pyrrole nitrogens is 1. The van der Waals surface area contributed by atoms with Gasteiger partial charge in [0.25, 0.3) is 0 Å². The van der Waals surface area contributed by atoms with Crippen LogP contribution in [0.4, 0.5) is 0 Å². The Morgan fingerprint density at radius 1 is 1.28 bits per heavy atom. The molecule has 94 valence electrons. The minimum atomic E-state index is 0.737. The molecule has 0 spiro atoms. The highest BCUT2D eigenvalue weighted by atomic mass is 127. The molecule has 1 aliphatic heterocycles. The van der Waals surface area contributed by atoms with Gasteiger partial charge in [0.15, 0.2) is 0 Å². The van der Waals surface area contributed by atoms with E-state index in [1.165, 1.54) is 15.6 Å². The molecule has 0 aliphatic carbocycles. The van der Waals surface area contributed by atoms with E-state index in [1.807, 2.05) is 6.20 Å². The molecule has 2 N–H and O–H groups in total. The van der Waals surface area contributed by atoms with Crippen LogP contribution in [0.2, 0.25) is 0 Å². The van der Waals surface area contributed by atoms with E-state index >= 15 is 0 Å². The van der Waals surface area contributed by atoms with Crippen molar-refractivity contribution < 1.29 is 0 Å². The maximum absolute atomic E-state index is 4.49. The van der Waals surface area contributed by atoms with Crippen LogP contribution >= 0.6 is 22.6 Å². The van der Waals surface area contributed by atoms with E-state index in [0.717, 1.165) is 36.9 Å². The molecular weight excluding hydrogens is 337 g/mol. The normalized spacial score (nSPS) is 19.3. The summed E-state index contributed by atoms with van der Waals surface area (Å²) >= 11 is 2.32. The van der Waals surface area contributed by atoms with Gasteiger partial charge in [0.2, 0.25) is 0 Å². The smallest absolute Gasteiger partial charge is 0.106 e. The minimum Gasteiger partial charge on any atom is -0.342 e. The quantitative estimate of drug-likeness (QED) is 0.834. The topological polar surface area (TPSA) is 40.7 Å². The van der Waals surface area contributed by atoms with E-state index in [-0.39, 0.29) is 0 Å². The third-order valence-corrected chi connectivity index (χ3v) is 4.15. The number of hydrogen-bond acceptors (Lipinski definition) is 2. The summed E-state index contributed by atoms with van der Waals surface area (Å²) in [4.78, 5) is 7.93. The zero-order valence-electron chi connectivity index (χ0n) is 10.1. The summed E-state index contributed by atoms with van der Waals surface area (Å²) in [7, 11) is 0. The highest BCUT2D eigenvalue weighted by Gasteiger charge is 2.16. The third kappa shape index (κ3) is 2.75. The van der Waals surface area contributed by atoms with Gasteiger partial charge in [-0.15, -0.1) is 0 Å². The van der Waals surface area contributed by atoms with Crippen molar-refractivity contribution >= 4 is 22.6 Å². The van der Waals surface area contributed by atoms with Gasteiger partial charge in [-0.05, 0) is 65.7 Å². The SMILES string of the molecule is Ic1ccc(-c2cnc(CC3CCNC3)[nH]2)cc1. The predicted octanol–water partition coefficient (Wildman–Crippen LogP) is 2.83. The molecule has 1 fully saturated rings. The van der Waals surface area contributed by atoms with Crippen LogP contribution in [0.3, 0.4) is 0 Å². The number of nitrogens with one attached hydrogen (secondary N) is 2. The first-order chi connectivity index (χ1) is 8.81. The lowest BCUT2D eigenvalue weighted by Crippen LogP contribution is -2.11. The van der Waals surface area contributed by atoms with Gasteiger partial charge >= 0.3 is 0 Å². The summed E-state index contributed by atoms with van der Waals surface area (Å²) in [5.74, 6) is 1.85. The van der Waals surface area contributed by atoms with Crippen LogP contribution in [0.1, 0.15) is 12.2 Å². The number of aromatic nitrogens is 2. The Kier molecular flexibility index (Phi) is 3.65. The molecule has 3 rings (SSSR count). The predicted molar refractivity (Wildman–Crippen MR) is 81.4 cm³/mol. The van der Waals surface area contributed by atoms with E-state index in [4.69, 9.17) is 0 Å². The number of rotatable bonds is 3. The Hall–Kier alpha value is -0.880. The van der Waals surface area contributed by atoms with Gasteiger partial charge in [-0.2, -0.15) is 0 Å². The summed E-state index contributed by atoms with van der Waals surface area (Å²) in [6, 6.07) is 8.51. The standard InChI is InChI=1S/C14H16IN3/c15-12-3-1-11(2-4-12)13-9-17-14(18-13)7-10-5-6-16-8-10/h1-4,9-10,16H,5-8H2,(H,17,18). The van der Waals surface area contributed by atoms with E-state index in [9.17, 15) is 0 Å².